The van der Waals surface area contributed by atoms with Crippen LogP contribution in [0.15, 0.2) is 58.4 Å². The van der Waals surface area contributed by atoms with Crippen molar-refractivity contribution in [2.75, 3.05) is 11.4 Å². The molecule has 2 fully saturated rings. The van der Waals surface area contributed by atoms with Crippen molar-refractivity contribution < 1.29 is 9.32 Å². The van der Waals surface area contributed by atoms with E-state index in [0.717, 1.165) is 22.5 Å². The molecular formula is C24H19ClN4O2S. The summed E-state index contributed by atoms with van der Waals surface area (Å²) in [4.78, 5) is 23.7. The topological polar surface area (TPSA) is 72.1 Å². The molecule has 1 saturated carbocycles. The van der Waals surface area contributed by atoms with Crippen molar-refractivity contribution in [1.29, 1.82) is 0 Å². The van der Waals surface area contributed by atoms with Gasteiger partial charge in [-0.2, -0.15) is 4.98 Å². The van der Waals surface area contributed by atoms with Gasteiger partial charge in [-0.25, -0.2) is 4.98 Å². The second-order valence-electron chi connectivity index (χ2n) is 8.27. The van der Waals surface area contributed by atoms with Crippen molar-refractivity contribution >= 4 is 34.5 Å². The fraction of sp³-hybridized carbons (Fsp3) is 0.250. The van der Waals surface area contributed by atoms with Gasteiger partial charge in [-0.15, -0.1) is 11.3 Å². The Morgan fingerprint density at radius 2 is 1.88 bits per heavy atom. The molecule has 1 saturated heterocycles. The molecule has 1 aliphatic carbocycles. The molecule has 32 heavy (non-hydrogen) atoms. The zero-order valence-corrected chi connectivity index (χ0v) is 18.6. The summed E-state index contributed by atoms with van der Waals surface area (Å²) in [7, 11) is 0. The molecule has 2 aliphatic rings. The Bertz CT molecular complexity index is 1310. The van der Waals surface area contributed by atoms with Crippen LogP contribution in [0.5, 0.6) is 0 Å². The first-order valence-electron chi connectivity index (χ1n) is 10.6. The largest absolute Gasteiger partial charge is 0.339 e. The Labute approximate surface area is 193 Å². The smallest absolute Gasteiger partial charge is 0.232 e. The fourth-order valence-electron chi connectivity index (χ4n) is 4.04. The number of hydrogen-bond donors (Lipinski definition) is 0. The predicted octanol–water partition coefficient (Wildman–Crippen LogP) is 5.91. The molecule has 2 aromatic carbocycles. The van der Waals surface area contributed by atoms with Gasteiger partial charge < -0.3 is 9.42 Å². The minimum absolute atomic E-state index is 0.0222. The number of thiazole rings is 1. The third-order valence-corrected chi connectivity index (χ3v) is 7.14. The van der Waals surface area contributed by atoms with E-state index in [1.807, 2.05) is 30.3 Å². The first-order chi connectivity index (χ1) is 15.6. The third kappa shape index (κ3) is 3.72. The van der Waals surface area contributed by atoms with Gasteiger partial charge in [0.25, 0.3) is 0 Å². The molecule has 0 N–H and O–H groups in total. The van der Waals surface area contributed by atoms with E-state index in [1.54, 1.807) is 28.4 Å². The average Bonchev–Trinajstić information content (AvgIpc) is 3.20. The Hall–Kier alpha value is -3.03. The number of carbonyl (C=O) groups is 1. The van der Waals surface area contributed by atoms with E-state index in [-0.39, 0.29) is 11.8 Å². The zero-order valence-electron chi connectivity index (χ0n) is 17.1. The minimum Gasteiger partial charge on any atom is -0.339 e. The van der Waals surface area contributed by atoms with Crippen LogP contribution in [0.1, 0.15) is 42.0 Å². The zero-order chi connectivity index (χ0) is 21.7. The summed E-state index contributed by atoms with van der Waals surface area (Å²) >= 11 is 7.82. The van der Waals surface area contributed by atoms with Crippen molar-refractivity contribution in [3.63, 3.8) is 0 Å². The van der Waals surface area contributed by atoms with Gasteiger partial charge in [-0.3, -0.25) is 4.79 Å². The van der Waals surface area contributed by atoms with Crippen molar-refractivity contribution in [3.8, 4) is 22.6 Å². The second kappa shape index (κ2) is 7.83. The number of aromatic nitrogens is 3. The Kier molecular flexibility index (Phi) is 4.81. The molecule has 1 aliphatic heterocycles. The van der Waals surface area contributed by atoms with Crippen molar-refractivity contribution in [2.45, 2.75) is 31.1 Å². The quantitative estimate of drug-likeness (QED) is 0.368. The van der Waals surface area contributed by atoms with E-state index in [4.69, 9.17) is 21.1 Å². The highest BCUT2D eigenvalue weighted by molar-refractivity contribution is 7.10. The molecule has 3 heterocycles. The summed E-state index contributed by atoms with van der Waals surface area (Å²) in [5.74, 6) is 1.53. The van der Waals surface area contributed by atoms with Crippen LogP contribution in [0.4, 0.5) is 5.69 Å². The maximum Gasteiger partial charge on any atom is 0.232 e. The lowest BCUT2D eigenvalue weighted by molar-refractivity contribution is -0.117. The van der Waals surface area contributed by atoms with E-state index in [2.05, 4.69) is 21.6 Å². The van der Waals surface area contributed by atoms with Gasteiger partial charge in [0.15, 0.2) is 0 Å². The first-order valence-corrected chi connectivity index (χ1v) is 11.9. The summed E-state index contributed by atoms with van der Waals surface area (Å²) in [6, 6.07) is 15.3. The molecule has 2 aromatic heterocycles. The van der Waals surface area contributed by atoms with E-state index in [9.17, 15) is 4.79 Å². The number of nitrogens with zero attached hydrogens (tertiary/aromatic N) is 4. The number of anilines is 1. The average molecular weight is 463 g/mol. The molecule has 1 unspecified atom stereocenters. The van der Waals surface area contributed by atoms with E-state index in [0.29, 0.717) is 35.6 Å². The third-order valence-electron chi connectivity index (χ3n) is 5.90. The molecule has 4 aromatic rings. The molecule has 0 bridgehead atoms. The fourth-order valence-corrected chi connectivity index (χ4v) is 5.23. The van der Waals surface area contributed by atoms with Crippen LogP contribution in [-0.2, 0) is 4.79 Å². The maximum atomic E-state index is 12.6. The summed E-state index contributed by atoms with van der Waals surface area (Å²) in [6.07, 6.45) is 2.82. The summed E-state index contributed by atoms with van der Waals surface area (Å²) in [5.41, 5.74) is 3.68. The van der Waals surface area contributed by atoms with Crippen LogP contribution in [0.3, 0.4) is 0 Å². The van der Waals surface area contributed by atoms with E-state index >= 15 is 0 Å². The highest BCUT2D eigenvalue weighted by atomic mass is 35.5. The Balaban J connectivity index is 1.23. The number of carbonyl (C=O) groups excluding carboxylic acids is 1. The van der Waals surface area contributed by atoms with Gasteiger partial charge in [0.05, 0.1) is 16.6 Å². The maximum absolute atomic E-state index is 12.6. The van der Waals surface area contributed by atoms with Crippen molar-refractivity contribution in [2.24, 2.45) is 0 Å². The number of rotatable bonds is 5. The molecular weight excluding hydrogens is 444 g/mol. The van der Waals surface area contributed by atoms with E-state index < -0.39 is 0 Å². The molecule has 1 atom stereocenters. The lowest BCUT2D eigenvalue weighted by Crippen LogP contribution is -2.24. The van der Waals surface area contributed by atoms with Crippen LogP contribution in [0.2, 0.25) is 5.02 Å². The van der Waals surface area contributed by atoms with Crippen LogP contribution < -0.4 is 4.90 Å². The monoisotopic (exact) mass is 462 g/mol. The van der Waals surface area contributed by atoms with Crippen LogP contribution >= 0.6 is 22.9 Å². The highest BCUT2D eigenvalue weighted by Crippen LogP contribution is 2.42. The van der Waals surface area contributed by atoms with Crippen molar-refractivity contribution in [3.05, 3.63) is 69.8 Å². The second-order valence-corrected chi connectivity index (χ2v) is 9.59. The van der Waals surface area contributed by atoms with Gasteiger partial charge >= 0.3 is 0 Å². The van der Waals surface area contributed by atoms with Crippen LogP contribution in [0, 0.1) is 0 Å². The molecule has 1 amide bonds. The van der Waals surface area contributed by atoms with Crippen LogP contribution in [0.25, 0.3) is 22.6 Å². The molecule has 0 radical (unpaired) electrons. The standard InChI is InChI=1S/C24H19ClN4O2S/c25-18-5-2-6-19(11-18)29-12-17(10-21(29)30)23-27-22(28-31-23)16-4-1-3-15(9-16)20-13-32-24(26-20)14-7-8-14/h1-6,9,11,13-14,17H,7-8,10,12H2. The SMILES string of the molecule is O=C1CC(c2nc(-c3cccc(-c4csc(C5CC5)n4)c3)no2)CN1c1cccc(Cl)c1. The normalized spacial score (nSPS) is 18.5. The van der Waals surface area contributed by atoms with Gasteiger partial charge in [-0.1, -0.05) is 41.0 Å². The lowest BCUT2D eigenvalue weighted by atomic mass is 10.1. The number of halogens is 1. The van der Waals surface area contributed by atoms with Gasteiger partial charge in [-0.05, 0) is 37.1 Å². The Morgan fingerprint density at radius 3 is 2.72 bits per heavy atom. The Morgan fingerprint density at radius 1 is 1.03 bits per heavy atom. The summed E-state index contributed by atoms with van der Waals surface area (Å²) < 4.78 is 5.57. The molecule has 0 spiro atoms. The number of benzene rings is 2. The van der Waals surface area contributed by atoms with E-state index in [1.165, 1.54) is 17.8 Å². The molecule has 6 nitrogen and oxygen atoms in total. The van der Waals surface area contributed by atoms with Gasteiger partial charge in [0, 0.05) is 46.1 Å². The summed E-state index contributed by atoms with van der Waals surface area (Å²) in [5, 5.41) is 8.13. The van der Waals surface area contributed by atoms with Gasteiger partial charge in [0.1, 0.15) is 0 Å². The lowest BCUT2D eigenvalue weighted by Gasteiger charge is -2.16. The molecule has 8 heteroatoms. The summed E-state index contributed by atoms with van der Waals surface area (Å²) in [6.45, 7) is 0.490. The minimum atomic E-state index is -0.148. The molecule has 6 rings (SSSR count). The first kappa shape index (κ1) is 19.6. The predicted molar refractivity (Wildman–Crippen MR) is 124 cm³/mol. The molecule has 160 valence electrons. The van der Waals surface area contributed by atoms with Gasteiger partial charge in [0.2, 0.25) is 17.6 Å². The highest BCUT2D eigenvalue weighted by Gasteiger charge is 2.35. The van der Waals surface area contributed by atoms with Crippen LogP contribution in [-0.4, -0.2) is 27.6 Å². The van der Waals surface area contributed by atoms with Crippen molar-refractivity contribution in [1.82, 2.24) is 15.1 Å². The number of hydrogen-bond acceptors (Lipinski definition) is 6. The number of amides is 1.